The first-order valence-corrected chi connectivity index (χ1v) is 12.4. The average molecular weight is 526 g/mol. The van der Waals surface area contributed by atoms with Crippen molar-refractivity contribution in [1.82, 2.24) is 10.3 Å². The summed E-state index contributed by atoms with van der Waals surface area (Å²) in [5, 5.41) is 21.9. The lowest BCUT2D eigenvalue weighted by Gasteiger charge is -2.35. The van der Waals surface area contributed by atoms with E-state index in [1.165, 1.54) is 11.3 Å². The minimum absolute atomic E-state index is 0.218. The quantitative estimate of drug-likeness (QED) is 0.331. The standard InChI is InChI=1S/C22H22F3N5O3S2/c23-22(24,25)20(33)27-13-5-8-30(9-6-13)17-4-2-1-3-15(17)26-11-14-12-35-21(28-14)29-16-7-10-34-18(16)19(31)32/h1-4,7,10,12-13,26H,5-6,8-9,11H2,(H,27,33)(H,28,29)(H,31,32). The molecule has 1 aromatic carbocycles. The Morgan fingerprint density at radius 3 is 2.57 bits per heavy atom. The largest absolute Gasteiger partial charge is 0.477 e. The maximum absolute atomic E-state index is 12.5. The van der Waals surface area contributed by atoms with Gasteiger partial charge < -0.3 is 26.0 Å². The van der Waals surface area contributed by atoms with E-state index < -0.39 is 24.1 Å². The van der Waals surface area contributed by atoms with Gasteiger partial charge >= 0.3 is 18.1 Å². The van der Waals surface area contributed by atoms with Crippen molar-refractivity contribution in [2.75, 3.05) is 28.6 Å². The number of thiophene rings is 1. The predicted molar refractivity (Wildman–Crippen MR) is 130 cm³/mol. The van der Waals surface area contributed by atoms with Crippen LogP contribution in [0.15, 0.2) is 41.1 Å². The number of piperidine rings is 1. The fourth-order valence-corrected chi connectivity index (χ4v) is 5.16. The number of anilines is 4. The van der Waals surface area contributed by atoms with Crippen LogP contribution < -0.4 is 20.9 Å². The lowest BCUT2D eigenvalue weighted by Crippen LogP contribution is -2.48. The SMILES string of the molecule is O=C(O)c1sccc1Nc1nc(CNc2ccccc2N2CCC(NC(=O)C(F)(F)F)CC2)cs1. The van der Waals surface area contributed by atoms with Crippen LogP contribution in [-0.2, 0) is 11.3 Å². The minimum Gasteiger partial charge on any atom is -0.477 e. The maximum Gasteiger partial charge on any atom is 0.471 e. The minimum atomic E-state index is -4.87. The molecule has 8 nitrogen and oxygen atoms in total. The third-order valence-electron chi connectivity index (χ3n) is 5.45. The van der Waals surface area contributed by atoms with Crippen molar-refractivity contribution in [2.45, 2.75) is 31.6 Å². The summed E-state index contributed by atoms with van der Waals surface area (Å²) in [6.45, 7) is 1.46. The van der Waals surface area contributed by atoms with Crippen molar-refractivity contribution >= 4 is 56.7 Å². The molecule has 1 aliphatic rings. The van der Waals surface area contributed by atoms with E-state index >= 15 is 0 Å². The predicted octanol–water partition coefficient (Wildman–Crippen LogP) is 4.91. The fraction of sp³-hybridized carbons (Fsp3) is 0.318. The number of amides is 1. The smallest absolute Gasteiger partial charge is 0.471 e. The third kappa shape index (κ3) is 6.22. The summed E-state index contributed by atoms with van der Waals surface area (Å²) in [5.74, 6) is -2.89. The van der Waals surface area contributed by atoms with Crippen LogP contribution in [0.4, 0.5) is 35.4 Å². The Labute approximate surface area is 206 Å². The number of aromatic nitrogens is 1. The summed E-state index contributed by atoms with van der Waals surface area (Å²) in [6.07, 6.45) is -4.04. The summed E-state index contributed by atoms with van der Waals surface area (Å²) in [7, 11) is 0. The Bertz CT molecular complexity index is 1190. The zero-order chi connectivity index (χ0) is 25.0. The molecule has 1 amide bonds. The second-order valence-corrected chi connectivity index (χ2v) is 9.62. The number of benzene rings is 1. The van der Waals surface area contributed by atoms with Crippen LogP contribution in [0.5, 0.6) is 0 Å². The molecule has 35 heavy (non-hydrogen) atoms. The van der Waals surface area contributed by atoms with E-state index in [1.807, 2.05) is 29.6 Å². The van der Waals surface area contributed by atoms with Gasteiger partial charge in [0.05, 0.1) is 29.3 Å². The number of halogens is 3. The van der Waals surface area contributed by atoms with Gasteiger partial charge in [0.2, 0.25) is 0 Å². The molecule has 0 bridgehead atoms. The number of carbonyl (C=O) groups is 2. The number of nitrogens with zero attached hydrogens (tertiary/aromatic N) is 2. The number of hydrogen-bond acceptors (Lipinski definition) is 8. The van der Waals surface area contributed by atoms with E-state index in [-0.39, 0.29) is 4.88 Å². The summed E-state index contributed by atoms with van der Waals surface area (Å²) in [4.78, 5) is 29.3. The Balaban J connectivity index is 1.34. The van der Waals surface area contributed by atoms with Crippen LogP contribution in [0.3, 0.4) is 0 Å². The number of thiazole rings is 1. The molecule has 1 saturated heterocycles. The number of carboxylic acid groups (broad SMARTS) is 1. The molecule has 1 aliphatic heterocycles. The van der Waals surface area contributed by atoms with E-state index in [4.69, 9.17) is 0 Å². The summed E-state index contributed by atoms with van der Waals surface area (Å²) < 4.78 is 37.5. The van der Waals surface area contributed by atoms with Crippen LogP contribution >= 0.6 is 22.7 Å². The molecule has 13 heteroatoms. The zero-order valence-corrected chi connectivity index (χ0v) is 19.9. The molecule has 1 fully saturated rings. The van der Waals surface area contributed by atoms with Crippen LogP contribution in [0, 0.1) is 0 Å². The monoisotopic (exact) mass is 525 g/mol. The highest BCUT2D eigenvalue weighted by Gasteiger charge is 2.40. The highest BCUT2D eigenvalue weighted by Crippen LogP contribution is 2.31. The van der Waals surface area contributed by atoms with E-state index in [1.54, 1.807) is 11.4 Å². The Morgan fingerprint density at radius 1 is 1.11 bits per heavy atom. The Kier molecular flexibility index (Phi) is 7.45. The van der Waals surface area contributed by atoms with Crippen molar-refractivity contribution in [3.8, 4) is 0 Å². The van der Waals surface area contributed by atoms with Crippen LogP contribution in [0.2, 0.25) is 0 Å². The molecule has 0 aliphatic carbocycles. The molecular formula is C22H22F3N5O3S2. The van der Waals surface area contributed by atoms with Gasteiger partial charge in [-0.25, -0.2) is 9.78 Å². The molecule has 0 radical (unpaired) electrons. The lowest BCUT2D eigenvalue weighted by atomic mass is 10.0. The number of aromatic carboxylic acids is 1. The van der Waals surface area contributed by atoms with Crippen LogP contribution in [0.1, 0.15) is 28.2 Å². The molecular weight excluding hydrogens is 503 g/mol. The molecule has 2 aromatic heterocycles. The Morgan fingerprint density at radius 2 is 1.86 bits per heavy atom. The van der Waals surface area contributed by atoms with Gasteiger partial charge in [-0.05, 0) is 36.4 Å². The van der Waals surface area contributed by atoms with Crippen molar-refractivity contribution in [3.05, 3.63) is 51.7 Å². The molecule has 4 rings (SSSR count). The van der Waals surface area contributed by atoms with Gasteiger partial charge in [0.15, 0.2) is 5.13 Å². The van der Waals surface area contributed by atoms with E-state index in [9.17, 15) is 27.9 Å². The molecule has 3 heterocycles. The number of para-hydroxylation sites is 2. The second kappa shape index (κ2) is 10.5. The van der Waals surface area contributed by atoms with Crippen molar-refractivity contribution < 1.29 is 27.9 Å². The maximum atomic E-state index is 12.5. The number of nitrogens with one attached hydrogen (secondary N) is 3. The highest BCUT2D eigenvalue weighted by molar-refractivity contribution is 7.14. The van der Waals surface area contributed by atoms with Gasteiger partial charge in [-0.1, -0.05) is 12.1 Å². The molecule has 3 aromatic rings. The van der Waals surface area contributed by atoms with Gasteiger partial charge in [0.25, 0.3) is 0 Å². The topological polar surface area (TPSA) is 107 Å². The van der Waals surface area contributed by atoms with Crippen LogP contribution in [0.25, 0.3) is 0 Å². The Hall–Kier alpha value is -3.32. The number of carboxylic acids is 1. The lowest BCUT2D eigenvalue weighted by molar-refractivity contribution is -0.174. The molecule has 186 valence electrons. The summed E-state index contributed by atoms with van der Waals surface area (Å²) in [5.41, 5.74) is 3.05. The highest BCUT2D eigenvalue weighted by atomic mass is 32.1. The van der Waals surface area contributed by atoms with Gasteiger partial charge in [-0.3, -0.25) is 4.79 Å². The molecule has 4 N–H and O–H groups in total. The first-order chi connectivity index (χ1) is 16.7. The molecule has 0 unspecified atom stereocenters. The number of hydrogen-bond donors (Lipinski definition) is 4. The van der Waals surface area contributed by atoms with Crippen molar-refractivity contribution in [3.63, 3.8) is 0 Å². The number of alkyl halides is 3. The van der Waals surface area contributed by atoms with E-state index in [0.29, 0.717) is 43.3 Å². The molecule has 0 spiro atoms. The van der Waals surface area contributed by atoms with Gasteiger partial charge in [-0.2, -0.15) is 13.2 Å². The second-order valence-electron chi connectivity index (χ2n) is 7.84. The molecule has 0 saturated carbocycles. The fourth-order valence-electron chi connectivity index (χ4n) is 3.75. The first-order valence-electron chi connectivity index (χ1n) is 10.7. The summed E-state index contributed by atoms with van der Waals surface area (Å²) in [6, 6.07) is 8.83. The van der Waals surface area contributed by atoms with E-state index in [0.717, 1.165) is 28.4 Å². The number of carbonyl (C=O) groups excluding carboxylic acids is 1. The summed E-state index contributed by atoms with van der Waals surface area (Å²) >= 11 is 2.50. The van der Waals surface area contributed by atoms with Crippen molar-refractivity contribution in [2.24, 2.45) is 0 Å². The van der Waals surface area contributed by atoms with Gasteiger partial charge in [0, 0.05) is 24.5 Å². The van der Waals surface area contributed by atoms with Gasteiger partial charge in [0.1, 0.15) is 4.88 Å². The number of rotatable bonds is 8. The third-order valence-corrected chi connectivity index (χ3v) is 7.15. The first kappa shape index (κ1) is 24.8. The van der Waals surface area contributed by atoms with E-state index in [2.05, 4.69) is 25.8 Å². The average Bonchev–Trinajstić information content (AvgIpc) is 3.48. The molecule has 0 atom stereocenters. The van der Waals surface area contributed by atoms with Crippen molar-refractivity contribution in [1.29, 1.82) is 0 Å². The normalized spacial score (nSPS) is 14.5. The van der Waals surface area contributed by atoms with Crippen LogP contribution in [-0.4, -0.2) is 47.3 Å². The van der Waals surface area contributed by atoms with Gasteiger partial charge in [-0.15, -0.1) is 22.7 Å². The zero-order valence-electron chi connectivity index (χ0n) is 18.3.